The highest BCUT2D eigenvalue weighted by molar-refractivity contribution is 9.10. The number of nitro benzene ring substituents is 1. The van der Waals surface area contributed by atoms with Crippen LogP contribution in [0.5, 0.6) is 0 Å². The minimum absolute atomic E-state index is 0.114. The molecule has 0 heterocycles. The van der Waals surface area contributed by atoms with E-state index in [4.69, 9.17) is 5.73 Å². The number of hydrogen-bond donors (Lipinski definition) is 1. The Balaban J connectivity index is 2.66. The number of nitrogens with two attached hydrogens (primary N) is 1. The molecular formula is C11H15BrN2O2S. The van der Waals surface area contributed by atoms with Crippen molar-refractivity contribution in [3.05, 3.63) is 38.3 Å². The van der Waals surface area contributed by atoms with Gasteiger partial charge in [-0.05, 0) is 27.9 Å². The predicted octanol–water partition coefficient (Wildman–Crippen LogP) is 3.33. The molecule has 0 aliphatic rings. The summed E-state index contributed by atoms with van der Waals surface area (Å²) in [5.41, 5.74) is 6.86. The summed E-state index contributed by atoms with van der Waals surface area (Å²) in [6, 6.07) is 5.29. The van der Waals surface area contributed by atoms with Crippen molar-refractivity contribution < 1.29 is 4.92 Å². The Kier molecular flexibility index (Phi) is 5.94. The molecule has 0 aromatic heterocycles. The second kappa shape index (κ2) is 6.98. The molecule has 0 bridgehead atoms. The molecular weight excluding hydrogens is 304 g/mol. The van der Waals surface area contributed by atoms with E-state index in [-0.39, 0.29) is 16.7 Å². The van der Waals surface area contributed by atoms with Crippen molar-refractivity contribution in [2.45, 2.75) is 25.1 Å². The number of thioether (sulfide) groups is 1. The second-order valence-corrected chi connectivity index (χ2v) is 5.51. The van der Waals surface area contributed by atoms with Crippen LogP contribution in [-0.4, -0.2) is 16.7 Å². The van der Waals surface area contributed by atoms with Gasteiger partial charge >= 0.3 is 0 Å². The summed E-state index contributed by atoms with van der Waals surface area (Å²) >= 11 is 4.98. The van der Waals surface area contributed by atoms with E-state index in [2.05, 4.69) is 22.9 Å². The molecule has 0 spiro atoms. The van der Waals surface area contributed by atoms with Crippen LogP contribution in [0.4, 0.5) is 5.69 Å². The molecule has 1 aromatic rings. The maximum Gasteiger partial charge on any atom is 0.283 e. The van der Waals surface area contributed by atoms with Crippen molar-refractivity contribution in [1.82, 2.24) is 0 Å². The molecule has 17 heavy (non-hydrogen) atoms. The SMILES string of the molecule is CCC(N)CSCc1cccc([N+](=O)[O-])c1Br. The predicted molar refractivity (Wildman–Crippen MR) is 75.2 cm³/mol. The van der Waals surface area contributed by atoms with E-state index < -0.39 is 0 Å². The quantitative estimate of drug-likeness (QED) is 0.645. The summed E-state index contributed by atoms with van der Waals surface area (Å²) in [4.78, 5) is 10.4. The lowest BCUT2D eigenvalue weighted by Gasteiger charge is -2.09. The Morgan fingerprint density at radius 3 is 2.88 bits per heavy atom. The molecule has 1 aromatic carbocycles. The first kappa shape index (κ1) is 14.5. The zero-order valence-corrected chi connectivity index (χ0v) is 12.0. The standard InChI is InChI=1S/C11H15BrN2O2S/c1-2-9(13)7-17-6-8-4-3-5-10(11(8)12)14(15)16/h3-5,9H,2,6-7,13H2,1H3. The van der Waals surface area contributed by atoms with Gasteiger partial charge in [0.1, 0.15) is 0 Å². The fourth-order valence-corrected chi connectivity index (χ4v) is 3.11. The van der Waals surface area contributed by atoms with Crippen LogP contribution in [0.25, 0.3) is 0 Å². The van der Waals surface area contributed by atoms with Crippen molar-refractivity contribution in [3.63, 3.8) is 0 Å². The minimum Gasteiger partial charge on any atom is -0.327 e. The smallest absolute Gasteiger partial charge is 0.283 e. The molecule has 0 saturated heterocycles. The molecule has 94 valence electrons. The van der Waals surface area contributed by atoms with Gasteiger partial charge in [0.25, 0.3) is 5.69 Å². The van der Waals surface area contributed by atoms with Crippen LogP contribution < -0.4 is 5.73 Å². The number of rotatable bonds is 6. The van der Waals surface area contributed by atoms with Crippen molar-refractivity contribution >= 4 is 33.4 Å². The molecule has 0 fully saturated rings. The molecule has 1 rings (SSSR count). The maximum atomic E-state index is 10.8. The Morgan fingerprint density at radius 2 is 2.29 bits per heavy atom. The Hall–Kier alpha value is -0.590. The van der Waals surface area contributed by atoms with Gasteiger partial charge in [0.2, 0.25) is 0 Å². The zero-order valence-electron chi connectivity index (χ0n) is 9.56. The van der Waals surface area contributed by atoms with E-state index in [1.807, 2.05) is 6.07 Å². The van der Waals surface area contributed by atoms with Gasteiger partial charge in [0.15, 0.2) is 0 Å². The summed E-state index contributed by atoms with van der Waals surface area (Å²) in [7, 11) is 0. The summed E-state index contributed by atoms with van der Waals surface area (Å²) in [6.45, 7) is 2.05. The van der Waals surface area contributed by atoms with Crippen molar-refractivity contribution in [3.8, 4) is 0 Å². The second-order valence-electron chi connectivity index (χ2n) is 3.69. The van der Waals surface area contributed by atoms with Gasteiger partial charge in [-0.2, -0.15) is 11.8 Å². The van der Waals surface area contributed by atoms with E-state index in [1.54, 1.807) is 17.8 Å². The third-order valence-corrected chi connectivity index (χ3v) is 4.46. The van der Waals surface area contributed by atoms with Crippen LogP contribution in [0.1, 0.15) is 18.9 Å². The van der Waals surface area contributed by atoms with Crippen molar-refractivity contribution in [2.24, 2.45) is 5.73 Å². The van der Waals surface area contributed by atoms with Gasteiger partial charge in [-0.15, -0.1) is 0 Å². The third-order valence-electron chi connectivity index (χ3n) is 2.37. The van der Waals surface area contributed by atoms with Crippen LogP contribution in [0.3, 0.4) is 0 Å². The van der Waals surface area contributed by atoms with E-state index in [9.17, 15) is 10.1 Å². The van der Waals surface area contributed by atoms with Crippen LogP contribution in [0.15, 0.2) is 22.7 Å². The van der Waals surface area contributed by atoms with Crippen LogP contribution in [0, 0.1) is 10.1 Å². The number of benzene rings is 1. The third kappa shape index (κ3) is 4.29. The first-order valence-electron chi connectivity index (χ1n) is 5.31. The van der Waals surface area contributed by atoms with Gasteiger partial charge < -0.3 is 5.73 Å². The lowest BCUT2D eigenvalue weighted by Crippen LogP contribution is -2.21. The van der Waals surface area contributed by atoms with Gasteiger partial charge in [0, 0.05) is 23.6 Å². The maximum absolute atomic E-state index is 10.8. The van der Waals surface area contributed by atoms with Crippen molar-refractivity contribution in [1.29, 1.82) is 0 Å². The highest BCUT2D eigenvalue weighted by Crippen LogP contribution is 2.30. The molecule has 0 radical (unpaired) electrons. The largest absolute Gasteiger partial charge is 0.327 e. The Morgan fingerprint density at radius 1 is 1.59 bits per heavy atom. The van der Waals surface area contributed by atoms with E-state index in [0.29, 0.717) is 4.47 Å². The molecule has 0 saturated carbocycles. The van der Waals surface area contributed by atoms with Gasteiger partial charge in [-0.25, -0.2) is 0 Å². The topological polar surface area (TPSA) is 69.2 Å². The molecule has 6 heteroatoms. The van der Waals surface area contributed by atoms with E-state index >= 15 is 0 Å². The van der Waals surface area contributed by atoms with Gasteiger partial charge in [-0.1, -0.05) is 19.1 Å². The van der Waals surface area contributed by atoms with Crippen LogP contribution in [-0.2, 0) is 5.75 Å². The molecule has 1 unspecified atom stereocenters. The van der Waals surface area contributed by atoms with Crippen LogP contribution >= 0.6 is 27.7 Å². The number of nitro groups is 1. The van der Waals surface area contributed by atoms with Crippen LogP contribution in [0.2, 0.25) is 0 Å². The summed E-state index contributed by atoms with van der Waals surface area (Å²) in [5.74, 6) is 1.60. The van der Waals surface area contributed by atoms with E-state index in [1.165, 1.54) is 6.07 Å². The average Bonchev–Trinajstić information content (AvgIpc) is 2.30. The number of halogens is 1. The fourth-order valence-electron chi connectivity index (χ4n) is 1.26. The highest BCUT2D eigenvalue weighted by atomic mass is 79.9. The minimum atomic E-state index is -0.379. The molecule has 0 aliphatic carbocycles. The first-order chi connectivity index (χ1) is 8.06. The molecule has 1 atom stereocenters. The number of nitrogens with zero attached hydrogens (tertiary/aromatic N) is 1. The average molecular weight is 319 g/mol. The Bertz CT molecular complexity index is 401. The highest BCUT2D eigenvalue weighted by Gasteiger charge is 2.14. The lowest BCUT2D eigenvalue weighted by atomic mass is 10.2. The molecule has 0 aliphatic heterocycles. The zero-order chi connectivity index (χ0) is 12.8. The van der Waals surface area contributed by atoms with Gasteiger partial charge in [-0.3, -0.25) is 10.1 Å². The summed E-state index contributed by atoms with van der Waals surface area (Å²) < 4.78 is 0.572. The summed E-state index contributed by atoms with van der Waals surface area (Å²) in [6.07, 6.45) is 0.948. The lowest BCUT2D eigenvalue weighted by molar-refractivity contribution is -0.385. The number of hydrogen-bond acceptors (Lipinski definition) is 4. The van der Waals surface area contributed by atoms with Gasteiger partial charge in [0.05, 0.1) is 9.40 Å². The normalized spacial score (nSPS) is 12.4. The van der Waals surface area contributed by atoms with Crippen molar-refractivity contribution in [2.75, 3.05) is 5.75 Å². The first-order valence-corrected chi connectivity index (χ1v) is 7.26. The monoisotopic (exact) mass is 318 g/mol. The summed E-state index contributed by atoms with van der Waals surface area (Å²) in [5, 5.41) is 10.8. The molecule has 0 amide bonds. The van der Waals surface area contributed by atoms with E-state index in [0.717, 1.165) is 23.5 Å². The Labute approximate surface area is 113 Å². The molecule has 2 N–H and O–H groups in total. The molecule has 4 nitrogen and oxygen atoms in total. The fraction of sp³-hybridized carbons (Fsp3) is 0.455.